The van der Waals surface area contributed by atoms with E-state index in [-0.39, 0.29) is 11.6 Å². The van der Waals surface area contributed by atoms with Crippen molar-refractivity contribution in [3.8, 4) is 5.69 Å². The van der Waals surface area contributed by atoms with E-state index in [1.165, 1.54) is 0 Å². The van der Waals surface area contributed by atoms with Gasteiger partial charge in [0.05, 0.1) is 11.9 Å². The van der Waals surface area contributed by atoms with E-state index in [0.717, 1.165) is 11.3 Å². The molecule has 0 spiro atoms. The molecule has 0 saturated carbocycles. The molecule has 0 aliphatic heterocycles. The van der Waals surface area contributed by atoms with E-state index in [1.807, 2.05) is 60.7 Å². The summed E-state index contributed by atoms with van der Waals surface area (Å²) in [5.74, 6) is 0.809. The van der Waals surface area contributed by atoms with Gasteiger partial charge in [-0.2, -0.15) is 4.98 Å². The van der Waals surface area contributed by atoms with E-state index >= 15 is 0 Å². The highest BCUT2D eigenvalue weighted by Gasteiger charge is 2.12. The van der Waals surface area contributed by atoms with E-state index in [9.17, 15) is 4.79 Å². The Morgan fingerprint density at radius 3 is 2.57 bits per heavy atom. The first kappa shape index (κ1) is 17.6. The maximum Gasteiger partial charge on any atom is 0.273 e. The van der Waals surface area contributed by atoms with Crippen molar-refractivity contribution in [3.05, 3.63) is 89.8 Å². The molecule has 0 bridgehead atoms. The second-order valence-corrected chi connectivity index (χ2v) is 6.16. The van der Waals surface area contributed by atoms with Crippen molar-refractivity contribution < 1.29 is 9.32 Å². The fourth-order valence-corrected chi connectivity index (χ4v) is 2.69. The van der Waals surface area contributed by atoms with Crippen molar-refractivity contribution >= 4 is 5.91 Å². The van der Waals surface area contributed by atoms with E-state index in [2.05, 4.69) is 25.8 Å². The molecule has 28 heavy (non-hydrogen) atoms. The summed E-state index contributed by atoms with van der Waals surface area (Å²) in [6, 6.07) is 19.4. The van der Waals surface area contributed by atoms with Crippen molar-refractivity contribution in [3.63, 3.8) is 0 Å². The van der Waals surface area contributed by atoms with Crippen molar-refractivity contribution in [2.45, 2.75) is 12.8 Å². The lowest BCUT2D eigenvalue weighted by molar-refractivity contribution is 0.0948. The topological polar surface area (TPSA) is 98.7 Å². The molecule has 1 N–H and O–H groups in total. The van der Waals surface area contributed by atoms with Crippen LogP contribution < -0.4 is 5.32 Å². The van der Waals surface area contributed by atoms with Gasteiger partial charge >= 0.3 is 0 Å². The lowest BCUT2D eigenvalue weighted by atomic mass is 10.1. The van der Waals surface area contributed by atoms with Crippen LogP contribution in [0.25, 0.3) is 5.69 Å². The summed E-state index contributed by atoms with van der Waals surface area (Å²) >= 11 is 0. The predicted molar refractivity (Wildman–Crippen MR) is 101 cm³/mol. The van der Waals surface area contributed by atoms with Gasteiger partial charge in [0.1, 0.15) is 0 Å². The molecule has 0 aliphatic carbocycles. The number of para-hydroxylation sites is 1. The number of carbonyl (C=O) groups excluding carboxylic acids is 1. The van der Waals surface area contributed by atoms with Gasteiger partial charge in [0.2, 0.25) is 5.89 Å². The Balaban J connectivity index is 1.28. The Kier molecular flexibility index (Phi) is 5.19. The molecule has 2 aromatic carbocycles. The van der Waals surface area contributed by atoms with Crippen LogP contribution in [-0.4, -0.2) is 37.6 Å². The van der Waals surface area contributed by atoms with Crippen LogP contribution in [0.3, 0.4) is 0 Å². The molecule has 8 heteroatoms. The SMILES string of the molecule is O=C(NCCc1nc(Cc2ccccc2)no1)c1cn(-c2ccccc2)nn1. The van der Waals surface area contributed by atoms with Crippen LogP contribution >= 0.6 is 0 Å². The second kappa shape index (κ2) is 8.26. The predicted octanol–water partition coefficient (Wildman–Crippen LogP) is 2.21. The molecular formula is C20H18N6O2. The van der Waals surface area contributed by atoms with E-state index in [4.69, 9.17) is 4.52 Å². The van der Waals surface area contributed by atoms with Gasteiger partial charge < -0.3 is 9.84 Å². The maximum absolute atomic E-state index is 12.2. The lowest BCUT2D eigenvalue weighted by Gasteiger charge is -2.00. The van der Waals surface area contributed by atoms with E-state index in [1.54, 1.807) is 10.9 Å². The van der Waals surface area contributed by atoms with Gasteiger partial charge in [-0.05, 0) is 17.7 Å². The van der Waals surface area contributed by atoms with Crippen molar-refractivity contribution in [2.75, 3.05) is 6.54 Å². The highest BCUT2D eigenvalue weighted by molar-refractivity contribution is 5.91. The van der Waals surface area contributed by atoms with Crippen LogP contribution in [-0.2, 0) is 12.8 Å². The summed E-state index contributed by atoms with van der Waals surface area (Å²) in [6.07, 6.45) is 2.65. The minimum atomic E-state index is -0.300. The van der Waals surface area contributed by atoms with Gasteiger partial charge in [-0.25, -0.2) is 4.68 Å². The minimum absolute atomic E-state index is 0.249. The lowest BCUT2D eigenvalue weighted by Crippen LogP contribution is -2.26. The molecule has 140 valence electrons. The molecule has 2 heterocycles. The monoisotopic (exact) mass is 374 g/mol. The average Bonchev–Trinajstić information content (AvgIpc) is 3.39. The normalized spacial score (nSPS) is 10.7. The number of nitrogens with one attached hydrogen (secondary N) is 1. The molecule has 0 radical (unpaired) electrons. The van der Waals surface area contributed by atoms with Crippen LogP contribution in [0.15, 0.2) is 71.4 Å². The standard InChI is InChI=1S/C20H18N6O2/c27-20(17-14-26(25-23-17)16-9-5-2-6-10-16)21-12-11-19-22-18(24-28-19)13-15-7-3-1-4-8-15/h1-10,14H,11-13H2,(H,21,27). The zero-order valence-electron chi connectivity index (χ0n) is 15.0. The number of carbonyl (C=O) groups is 1. The molecule has 8 nitrogen and oxygen atoms in total. The summed E-state index contributed by atoms with van der Waals surface area (Å²) in [5.41, 5.74) is 2.20. The van der Waals surface area contributed by atoms with Gasteiger partial charge in [0, 0.05) is 19.4 Å². The van der Waals surface area contributed by atoms with Gasteiger partial charge in [-0.1, -0.05) is 58.9 Å². The fourth-order valence-electron chi connectivity index (χ4n) is 2.69. The van der Waals surface area contributed by atoms with Crippen molar-refractivity contribution in [2.24, 2.45) is 0 Å². The van der Waals surface area contributed by atoms with E-state index < -0.39 is 0 Å². The number of aromatic nitrogens is 5. The molecule has 1 amide bonds. The maximum atomic E-state index is 12.2. The molecule has 0 atom stereocenters. The van der Waals surface area contributed by atoms with Gasteiger partial charge in [0.25, 0.3) is 5.91 Å². The first-order valence-electron chi connectivity index (χ1n) is 8.89. The number of amides is 1. The van der Waals surface area contributed by atoms with Crippen LogP contribution in [0.2, 0.25) is 0 Å². The van der Waals surface area contributed by atoms with Crippen LogP contribution in [0, 0.1) is 0 Å². The molecular weight excluding hydrogens is 356 g/mol. The van der Waals surface area contributed by atoms with Gasteiger partial charge in [0.15, 0.2) is 11.5 Å². The number of benzene rings is 2. The van der Waals surface area contributed by atoms with Crippen molar-refractivity contribution in [1.29, 1.82) is 0 Å². The number of hydrogen-bond acceptors (Lipinski definition) is 6. The Bertz CT molecular complexity index is 1040. The highest BCUT2D eigenvalue weighted by atomic mass is 16.5. The number of hydrogen-bond donors (Lipinski definition) is 1. The fraction of sp³-hybridized carbons (Fsp3) is 0.150. The van der Waals surface area contributed by atoms with Crippen LogP contribution in [0.4, 0.5) is 0 Å². The summed E-state index contributed by atoms with van der Waals surface area (Å²) in [4.78, 5) is 16.6. The first-order chi connectivity index (χ1) is 13.8. The third-order valence-corrected chi connectivity index (χ3v) is 4.09. The van der Waals surface area contributed by atoms with Crippen LogP contribution in [0.5, 0.6) is 0 Å². The Morgan fingerprint density at radius 2 is 1.79 bits per heavy atom. The molecule has 0 fully saturated rings. The molecule has 4 aromatic rings. The second-order valence-electron chi connectivity index (χ2n) is 6.16. The van der Waals surface area contributed by atoms with Gasteiger partial charge in [-0.3, -0.25) is 4.79 Å². The molecule has 4 rings (SSSR count). The third-order valence-electron chi connectivity index (χ3n) is 4.09. The van der Waals surface area contributed by atoms with Crippen molar-refractivity contribution in [1.82, 2.24) is 30.5 Å². The number of rotatable bonds is 7. The Hall–Kier alpha value is -3.81. The zero-order chi connectivity index (χ0) is 19.2. The Labute approximate surface area is 161 Å². The summed E-state index contributed by atoms with van der Waals surface area (Å²) in [5, 5.41) is 14.7. The first-order valence-corrected chi connectivity index (χ1v) is 8.89. The third kappa shape index (κ3) is 4.29. The molecule has 0 unspecified atom stereocenters. The average molecular weight is 374 g/mol. The molecule has 0 saturated heterocycles. The zero-order valence-corrected chi connectivity index (χ0v) is 15.0. The quantitative estimate of drug-likeness (QED) is 0.532. The summed E-state index contributed by atoms with van der Waals surface area (Å²) < 4.78 is 6.80. The molecule has 2 aromatic heterocycles. The minimum Gasteiger partial charge on any atom is -0.350 e. The van der Waals surface area contributed by atoms with Crippen LogP contribution in [0.1, 0.15) is 27.8 Å². The summed E-state index contributed by atoms with van der Waals surface area (Å²) in [6.45, 7) is 0.365. The largest absolute Gasteiger partial charge is 0.350 e. The highest BCUT2D eigenvalue weighted by Crippen LogP contribution is 2.07. The molecule has 0 aliphatic rings. The summed E-state index contributed by atoms with van der Waals surface area (Å²) in [7, 11) is 0. The Morgan fingerprint density at radius 1 is 1.04 bits per heavy atom. The smallest absolute Gasteiger partial charge is 0.273 e. The van der Waals surface area contributed by atoms with E-state index in [0.29, 0.717) is 31.1 Å². The van der Waals surface area contributed by atoms with Gasteiger partial charge in [-0.15, -0.1) is 5.10 Å². The number of nitrogens with zero attached hydrogens (tertiary/aromatic N) is 5.